The number of aryl methyl sites for hydroxylation is 2. The average molecular weight is 2090 g/mol. The van der Waals surface area contributed by atoms with Crippen molar-refractivity contribution in [1.29, 1.82) is 0 Å². The molecule has 0 unspecified atom stereocenters. The molecule has 26 nitrogen and oxygen atoms in total. The highest BCUT2D eigenvalue weighted by molar-refractivity contribution is 6.33. The minimum atomic E-state index is -0.468. The molecule has 0 saturated carbocycles. The number of methoxy groups -OCH3 is 2. The van der Waals surface area contributed by atoms with Crippen molar-refractivity contribution in [3.8, 4) is 69.0 Å². The predicted molar refractivity (Wildman–Crippen MR) is 593 cm³/mol. The largest absolute Gasteiger partial charge is 0.506 e. The van der Waals surface area contributed by atoms with Crippen LogP contribution in [0.1, 0.15) is 276 Å². The number of hydrogen-bond donors (Lipinski definition) is 8. The number of amides is 4. The zero-order valence-corrected chi connectivity index (χ0v) is 90.4. The van der Waals surface area contributed by atoms with E-state index in [0.717, 1.165) is 106 Å². The summed E-state index contributed by atoms with van der Waals surface area (Å²) in [4.78, 5) is 54.1. The molecule has 0 spiro atoms. The highest BCUT2D eigenvalue weighted by atomic mass is 35.5. The summed E-state index contributed by atoms with van der Waals surface area (Å²) in [6.45, 7) is 42.4. The van der Waals surface area contributed by atoms with Crippen LogP contribution in [-0.2, 0) is 26.4 Å². The molecule has 13 rings (SSSR count). The second-order valence-electron chi connectivity index (χ2n) is 37.4. The Labute approximate surface area is 889 Å². The minimum absolute atomic E-state index is 0.0757. The first-order valence-corrected chi connectivity index (χ1v) is 51.0. The Balaban J connectivity index is 0.000000202. The summed E-state index contributed by atoms with van der Waals surface area (Å²) in [6, 6.07) is 65.9. The van der Waals surface area contributed by atoms with Crippen molar-refractivity contribution in [2.45, 2.75) is 186 Å². The SMILES string of the molecule is CCN(CC)CCOc1cc(/C=N/NC(=O)c2ccc(O)c(Cl)c2)cc(OC)c1OCc1ccc(C(C)C)cc1.COc1cc(/C=N/NC(=O)c2ccc(O)c(Cl)c2)cc(C(C)C)c1OCc1ccc(C(C)C)cc1.Cc1cc(/C=N/NC(=O)c2ccc(O)c(Cl)c2)cc(C(C)C)c1OCc1ccc(C(C)C)cc1.Cc1cc(/C=N/NC(=O)c2ccc(O)c(Cl)c2)cc(OCCN2CCCC2)c1OCc1ccc(C(C)C)cc1. The summed E-state index contributed by atoms with van der Waals surface area (Å²) >= 11 is 23.6. The number of nitrogens with zero attached hydrogens (tertiary/aromatic N) is 6. The van der Waals surface area contributed by atoms with Gasteiger partial charge in [-0.25, -0.2) is 21.7 Å². The molecule has 782 valence electrons. The number of likely N-dealkylation sites (N-methyl/N-ethyl adjacent to an activating group) is 1. The van der Waals surface area contributed by atoms with Crippen molar-refractivity contribution >= 4 is 94.9 Å². The van der Waals surface area contributed by atoms with Crippen LogP contribution in [0.4, 0.5) is 0 Å². The maximum Gasteiger partial charge on any atom is 0.271 e. The topological polar surface area (TPSA) is 327 Å². The van der Waals surface area contributed by atoms with E-state index in [9.17, 15) is 39.6 Å². The van der Waals surface area contributed by atoms with Gasteiger partial charge in [-0.1, -0.05) is 240 Å². The van der Waals surface area contributed by atoms with Crippen LogP contribution < -0.4 is 59.6 Å². The van der Waals surface area contributed by atoms with Gasteiger partial charge in [0.1, 0.15) is 68.4 Å². The number of nitrogens with one attached hydrogen (secondary N) is 4. The van der Waals surface area contributed by atoms with Gasteiger partial charge in [0.15, 0.2) is 34.5 Å². The summed E-state index contributed by atoms with van der Waals surface area (Å²) in [5.41, 5.74) is 27.6. The first-order chi connectivity index (χ1) is 70.9. The smallest absolute Gasteiger partial charge is 0.271 e. The van der Waals surface area contributed by atoms with Crippen LogP contribution >= 0.6 is 46.4 Å². The predicted octanol–water partition coefficient (Wildman–Crippen LogP) is 26.1. The van der Waals surface area contributed by atoms with Crippen molar-refractivity contribution in [3.63, 3.8) is 0 Å². The third-order valence-corrected chi connectivity index (χ3v) is 25.5. The van der Waals surface area contributed by atoms with E-state index < -0.39 is 23.6 Å². The van der Waals surface area contributed by atoms with Crippen LogP contribution in [0, 0.1) is 13.8 Å². The number of carbonyl (C=O) groups is 4. The number of phenolic OH excluding ortho intramolecular Hbond substituents is 4. The monoisotopic (exact) mass is 2090 g/mol. The van der Waals surface area contributed by atoms with Gasteiger partial charge in [-0.15, -0.1) is 0 Å². The standard InChI is InChI=1S/C31H38ClN3O5.C31H36ClN3O4.C28H31ClN2O4.C28H31ClN2O3/c1-6-35(7-2)14-15-39-29-17-23(19-33-34-31(37)25-12-13-27(36)26(32)18-25)16-28(38-5)30(29)40-20-22-8-10-24(11-9-22)21(3)4;1-21(2)25-8-6-23(7-9-25)20-39-30-22(3)16-24(17-29(30)38-15-14-35-12-4-5-13-35)19-33-34-31(37)26-10-11-28(36)27(32)18-26;1-17(2)21-8-6-19(7-9-21)16-35-27-23(18(3)4)12-20(13-26(27)34-5)15-30-31-28(33)22-10-11-25(32)24(29)14-22;1-17(2)22-8-6-20(7-9-22)16-34-27-19(5)12-21(13-24(27)18(3)4)15-30-31-28(33)23-10-11-26(32)25(29)14-23/h8-13,16-19,21,36H,6-7,14-15,20H2,1-5H3,(H,34,37);6-11,16-19,21,36H,4-5,12-15,20H2,1-3H3,(H,34,37);6-15,17-18,32H,16H2,1-5H3,(H,31,33);6-15,17-18,32H,16H2,1-5H3,(H,31,33)/b2*33-19+;2*30-15+. The molecule has 1 fully saturated rings. The Morgan fingerprint density at radius 1 is 0.345 bits per heavy atom. The summed E-state index contributed by atoms with van der Waals surface area (Å²) in [7, 11) is 3.16. The molecule has 1 aliphatic heterocycles. The van der Waals surface area contributed by atoms with Gasteiger partial charge in [0.2, 0.25) is 5.75 Å². The van der Waals surface area contributed by atoms with E-state index in [4.69, 9.17) is 84.3 Å². The molecule has 1 saturated heterocycles. The first kappa shape index (κ1) is 116. The molecule has 8 N–H and O–H groups in total. The minimum Gasteiger partial charge on any atom is -0.506 e. The van der Waals surface area contributed by atoms with Gasteiger partial charge >= 0.3 is 0 Å². The van der Waals surface area contributed by atoms with Crippen LogP contribution in [0.25, 0.3) is 0 Å². The van der Waals surface area contributed by atoms with Crippen molar-refractivity contribution in [2.75, 3.05) is 66.7 Å². The summed E-state index contributed by atoms with van der Waals surface area (Å²) in [5.74, 6) is 5.23. The van der Waals surface area contributed by atoms with Gasteiger partial charge in [-0.3, -0.25) is 24.1 Å². The van der Waals surface area contributed by atoms with E-state index in [0.29, 0.717) is 120 Å². The second kappa shape index (κ2) is 57.8. The number of carbonyl (C=O) groups excluding carboxylic acids is 4. The number of ether oxygens (including phenoxy) is 8. The molecular weight excluding hydrogens is 1960 g/mol. The molecule has 0 atom stereocenters. The number of rotatable bonds is 42. The van der Waals surface area contributed by atoms with Crippen LogP contribution in [0.15, 0.2) is 239 Å². The second-order valence-corrected chi connectivity index (χ2v) is 39.0. The quantitative estimate of drug-likeness (QED) is 0.0130. The van der Waals surface area contributed by atoms with Crippen LogP contribution in [0.2, 0.25) is 20.1 Å². The van der Waals surface area contributed by atoms with Gasteiger partial charge in [0.05, 0.1) is 59.2 Å². The average Bonchev–Trinajstić information content (AvgIpc) is 0.899. The normalized spacial score (nSPS) is 12.0. The number of halogens is 4. The zero-order chi connectivity index (χ0) is 107. The first-order valence-electron chi connectivity index (χ1n) is 49.5. The van der Waals surface area contributed by atoms with Crippen LogP contribution in [0.3, 0.4) is 0 Å². The van der Waals surface area contributed by atoms with Crippen molar-refractivity contribution in [2.24, 2.45) is 20.4 Å². The van der Waals surface area contributed by atoms with E-state index in [1.165, 1.54) is 114 Å². The Hall–Kier alpha value is -14.1. The highest BCUT2D eigenvalue weighted by Crippen LogP contribution is 2.42. The van der Waals surface area contributed by atoms with Crippen molar-refractivity contribution in [3.05, 3.63) is 350 Å². The van der Waals surface area contributed by atoms with Gasteiger partial charge in [0.25, 0.3) is 23.6 Å². The van der Waals surface area contributed by atoms with E-state index in [-0.39, 0.29) is 66.1 Å². The summed E-state index contributed by atoms with van der Waals surface area (Å²) in [6.07, 6.45) is 8.67. The number of hydrazone groups is 4. The van der Waals surface area contributed by atoms with E-state index in [1.807, 2.05) is 50.2 Å². The van der Waals surface area contributed by atoms with Gasteiger partial charge in [-0.2, -0.15) is 20.4 Å². The third-order valence-electron chi connectivity index (χ3n) is 24.3. The third kappa shape index (κ3) is 35.3. The fourth-order valence-electron chi connectivity index (χ4n) is 15.4. The van der Waals surface area contributed by atoms with Gasteiger partial charge in [-0.05, 0) is 288 Å². The molecular formula is C118H136Cl4N10O16. The molecule has 1 heterocycles. The van der Waals surface area contributed by atoms with Gasteiger partial charge in [0, 0.05) is 46.5 Å². The fraction of sp³-hybridized carbons (Fsp3) is 0.322. The number of aromatic hydroxyl groups is 4. The Morgan fingerprint density at radius 2 is 0.622 bits per heavy atom. The fourth-order valence-corrected chi connectivity index (χ4v) is 16.2. The number of likely N-dealkylation sites (tertiary alicyclic amines) is 1. The molecule has 0 aliphatic carbocycles. The Kier molecular flexibility index (Phi) is 45.3. The van der Waals surface area contributed by atoms with E-state index in [2.05, 4.69) is 246 Å². The highest BCUT2D eigenvalue weighted by Gasteiger charge is 2.23. The van der Waals surface area contributed by atoms with Gasteiger partial charge < -0.3 is 63.2 Å². The lowest BCUT2D eigenvalue weighted by molar-refractivity contribution is 0.0947. The number of benzene rings is 12. The van der Waals surface area contributed by atoms with E-state index >= 15 is 0 Å². The molecule has 1 aliphatic rings. The molecule has 0 radical (unpaired) electrons. The molecule has 148 heavy (non-hydrogen) atoms. The number of phenols is 4. The summed E-state index contributed by atoms with van der Waals surface area (Å²) in [5, 5.41) is 54.9. The Morgan fingerprint density at radius 3 is 0.946 bits per heavy atom. The maximum absolute atomic E-state index is 12.4. The van der Waals surface area contributed by atoms with Crippen molar-refractivity contribution in [1.82, 2.24) is 31.5 Å². The molecule has 30 heteroatoms. The molecule has 0 aromatic heterocycles. The van der Waals surface area contributed by atoms with E-state index in [1.54, 1.807) is 45.0 Å². The molecule has 0 bridgehead atoms. The molecule has 12 aromatic carbocycles. The molecule has 12 aromatic rings. The summed E-state index contributed by atoms with van der Waals surface area (Å²) < 4.78 is 48.6. The maximum atomic E-state index is 12.4. The number of hydrogen-bond acceptors (Lipinski definition) is 22. The lowest BCUT2D eigenvalue weighted by Crippen LogP contribution is -2.28. The van der Waals surface area contributed by atoms with Crippen LogP contribution in [0.5, 0.6) is 69.0 Å². The van der Waals surface area contributed by atoms with Crippen molar-refractivity contribution < 1.29 is 77.5 Å². The van der Waals surface area contributed by atoms with Crippen LogP contribution in [-0.4, -0.2) is 145 Å². The Bertz CT molecular complexity index is 6550. The zero-order valence-electron chi connectivity index (χ0n) is 87.3. The lowest BCUT2D eigenvalue weighted by Gasteiger charge is -2.20. The molecule has 4 amide bonds. The lowest BCUT2D eigenvalue weighted by atomic mass is 9.96.